The summed E-state index contributed by atoms with van der Waals surface area (Å²) in [6.07, 6.45) is 4.17. The molecule has 1 heterocycles. The van der Waals surface area contributed by atoms with Crippen molar-refractivity contribution in [2.45, 2.75) is 44.8 Å². The van der Waals surface area contributed by atoms with Gasteiger partial charge in [0, 0.05) is 6.54 Å². The highest BCUT2D eigenvalue weighted by Crippen LogP contribution is 2.30. The lowest BCUT2D eigenvalue weighted by molar-refractivity contribution is -0.146. The molecule has 1 aliphatic heterocycles. The maximum Gasteiger partial charge on any atom is 0.232 e. The molecule has 3 unspecified atom stereocenters. The number of amides is 1. The highest BCUT2D eigenvalue weighted by Gasteiger charge is 2.40. The Hall–Kier alpha value is -0.680. The van der Waals surface area contributed by atoms with E-state index in [-0.39, 0.29) is 24.0 Å². The molecular formula is C12H20N2O2S. The van der Waals surface area contributed by atoms with Crippen LogP contribution < -0.4 is 5.73 Å². The van der Waals surface area contributed by atoms with E-state index in [9.17, 15) is 4.79 Å². The lowest BCUT2D eigenvalue weighted by atomic mass is 10.0. The van der Waals surface area contributed by atoms with Crippen molar-refractivity contribution in [3.8, 4) is 0 Å². The van der Waals surface area contributed by atoms with Gasteiger partial charge in [-0.05, 0) is 25.7 Å². The molecule has 0 spiro atoms. The van der Waals surface area contributed by atoms with Gasteiger partial charge in [0.2, 0.25) is 5.91 Å². The summed E-state index contributed by atoms with van der Waals surface area (Å²) in [4.78, 5) is 14.7. The fraction of sp³-hybridized carbons (Fsp3) is 0.833. The van der Waals surface area contributed by atoms with E-state index in [1.807, 2.05) is 11.8 Å². The zero-order valence-electron chi connectivity index (χ0n) is 10.2. The average molecular weight is 256 g/mol. The summed E-state index contributed by atoms with van der Waals surface area (Å²) < 4.78 is 5.70. The van der Waals surface area contributed by atoms with Crippen molar-refractivity contribution < 1.29 is 9.53 Å². The molecule has 3 atom stereocenters. The standard InChI is InChI=1S/C12H20N2O2S/c1-2-8(11(13)17)12(15)14-6-7-16-10-5-3-4-9(10)14/h8-10H,2-7H2,1H3,(H2,13,17). The van der Waals surface area contributed by atoms with Gasteiger partial charge in [-0.15, -0.1) is 0 Å². The molecule has 5 heteroatoms. The SMILES string of the molecule is CCC(C(=O)N1CCOC2CCCC21)C(N)=S. The van der Waals surface area contributed by atoms with Crippen LogP contribution in [0.15, 0.2) is 0 Å². The van der Waals surface area contributed by atoms with Crippen LogP contribution in [0.1, 0.15) is 32.6 Å². The minimum absolute atomic E-state index is 0.0974. The molecular weight excluding hydrogens is 236 g/mol. The van der Waals surface area contributed by atoms with Crippen molar-refractivity contribution in [3.05, 3.63) is 0 Å². The minimum atomic E-state index is -0.302. The van der Waals surface area contributed by atoms with Crippen molar-refractivity contribution in [1.82, 2.24) is 4.90 Å². The molecule has 2 rings (SSSR count). The second kappa shape index (κ2) is 5.31. The first-order valence-electron chi connectivity index (χ1n) is 6.36. The number of rotatable bonds is 3. The average Bonchev–Trinajstić information content (AvgIpc) is 2.76. The maximum absolute atomic E-state index is 12.4. The summed E-state index contributed by atoms with van der Waals surface area (Å²) in [5.74, 6) is -0.204. The lowest BCUT2D eigenvalue weighted by Gasteiger charge is -2.39. The highest BCUT2D eigenvalue weighted by molar-refractivity contribution is 7.80. The first-order valence-corrected chi connectivity index (χ1v) is 6.77. The Morgan fingerprint density at radius 1 is 1.59 bits per heavy atom. The number of hydrogen-bond donors (Lipinski definition) is 1. The molecule has 0 radical (unpaired) electrons. The fourth-order valence-corrected chi connectivity index (χ4v) is 3.16. The zero-order valence-corrected chi connectivity index (χ0v) is 11.0. The van der Waals surface area contributed by atoms with Crippen LogP contribution in [0.25, 0.3) is 0 Å². The van der Waals surface area contributed by atoms with E-state index in [0.29, 0.717) is 24.6 Å². The van der Waals surface area contributed by atoms with Crippen LogP contribution in [-0.4, -0.2) is 41.1 Å². The van der Waals surface area contributed by atoms with Crippen molar-refractivity contribution >= 4 is 23.1 Å². The highest BCUT2D eigenvalue weighted by atomic mass is 32.1. The number of ether oxygens (including phenoxy) is 1. The number of carbonyl (C=O) groups excluding carboxylic acids is 1. The van der Waals surface area contributed by atoms with Crippen molar-refractivity contribution in [3.63, 3.8) is 0 Å². The van der Waals surface area contributed by atoms with Crippen LogP contribution in [0.3, 0.4) is 0 Å². The van der Waals surface area contributed by atoms with Gasteiger partial charge in [-0.25, -0.2) is 0 Å². The number of carbonyl (C=O) groups is 1. The predicted octanol–water partition coefficient (Wildman–Crippen LogP) is 1.08. The van der Waals surface area contributed by atoms with Gasteiger partial charge in [-0.2, -0.15) is 0 Å². The van der Waals surface area contributed by atoms with E-state index >= 15 is 0 Å². The Bertz CT molecular complexity index is 322. The summed E-state index contributed by atoms with van der Waals surface area (Å²) in [5.41, 5.74) is 5.64. The second-order valence-corrected chi connectivity index (χ2v) is 5.27. The largest absolute Gasteiger partial charge is 0.393 e. The lowest BCUT2D eigenvalue weighted by Crippen LogP contribution is -2.54. The fourth-order valence-electron chi connectivity index (χ4n) is 2.90. The first kappa shape index (κ1) is 12.8. The van der Waals surface area contributed by atoms with E-state index in [0.717, 1.165) is 19.3 Å². The summed E-state index contributed by atoms with van der Waals surface area (Å²) in [7, 11) is 0. The van der Waals surface area contributed by atoms with Gasteiger partial charge in [-0.1, -0.05) is 19.1 Å². The van der Waals surface area contributed by atoms with Crippen LogP contribution in [0, 0.1) is 5.92 Å². The van der Waals surface area contributed by atoms with Crippen molar-refractivity contribution in [2.75, 3.05) is 13.2 Å². The van der Waals surface area contributed by atoms with Crippen LogP contribution in [-0.2, 0) is 9.53 Å². The summed E-state index contributed by atoms with van der Waals surface area (Å²) in [6.45, 7) is 3.27. The Morgan fingerprint density at radius 3 is 3.00 bits per heavy atom. The normalized spacial score (nSPS) is 29.8. The number of hydrogen-bond acceptors (Lipinski definition) is 3. The van der Waals surface area contributed by atoms with Gasteiger partial charge in [0.15, 0.2) is 0 Å². The van der Waals surface area contributed by atoms with E-state index < -0.39 is 0 Å². The Morgan fingerprint density at radius 2 is 2.35 bits per heavy atom. The van der Waals surface area contributed by atoms with Crippen molar-refractivity contribution in [2.24, 2.45) is 11.7 Å². The number of thiocarbonyl (C=S) groups is 1. The molecule has 0 bridgehead atoms. The Labute approximate surface area is 107 Å². The molecule has 1 saturated heterocycles. The van der Waals surface area contributed by atoms with Gasteiger partial charge >= 0.3 is 0 Å². The molecule has 4 nitrogen and oxygen atoms in total. The minimum Gasteiger partial charge on any atom is -0.393 e. The van der Waals surface area contributed by atoms with Gasteiger partial charge in [0.25, 0.3) is 0 Å². The quantitative estimate of drug-likeness (QED) is 0.768. The van der Waals surface area contributed by atoms with Crippen LogP contribution in [0.2, 0.25) is 0 Å². The molecule has 2 fully saturated rings. The van der Waals surface area contributed by atoms with Gasteiger partial charge in [-0.3, -0.25) is 4.79 Å². The molecule has 1 amide bonds. The van der Waals surface area contributed by atoms with Crippen molar-refractivity contribution in [1.29, 1.82) is 0 Å². The molecule has 0 aromatic carbocycles. The van der Waals surface area contributed by atoms with Crippen LogP contribution in [0.4, 0.5) is 0 Å². The monoisotopic (exact) mass is 256 g/mol. The number of fused-ring (bicyclic) bond motifs is 1. The van der Waals surface area contributed by atoms with E-state index in [1.165, 1.54) is 0 Å². The Kier molecular flexibility index (Phi) is 3.99. The zero-order chi connectivity index (χ0) is 12.4. The third-order valence-electron chi connectivity index (χ3n) is 3.82. The van der Waals surface area contributed by atoms with Crippen LogP contribution in [0.5, 0.6) is 0 Å². The summed E-state index contributed by atoms with van der Waals surface area (Å²) in [5, 5.41) is 0. The second-order valence-electron chi connectivity index (χ2n) is 4.80. The maximum atomic E-state index is 12.4. The molecule has 2 N–H and O–H groups in total. The molecule has 0 aromatic rings. The third-order valence-corrected chi connectivity index (χ3v) is 4.10. The smallest absolute Gasteiger partial charge is 0.232 e. The Balaban J connectivity index is 2.09. The first-order chi connectivity index (χ1) is 8.15. The van der Waals surface area contributed by atoms with Gasteiger partial charge in [0.05, 0.1) is 29.7 Å². The third kappa shape index (κ3) is 2.45. The van der Waals surface area contributed by atoms with E-state index in [2.05, 4.69) is 0 Å². The molecule has 96 valence electrons. The molecule has 1 saturated carbocycles. The molecule has 0 aromatic heterocycles. The number of morpholine rings is 1. The van der Waals surface area contributed by atoms with Crippen LogP contribution >= 0.6 is 12.2 Å². The van der Waals surface area contributed by atoms with Gasteiger partial charge in [0.1, 0.15) is 0 Å². The van der Waals surface area contributed by atoms with E-state index in [1.54, 1.807) is 0 Å². The van der Waals surface area contributed by atoms with E-state index in [4.69, 9.17) is 22.7 Å². The molecule has 2 aliphatic rings. The van der Waals surface area contributed by atoms with Gasteiger partial charge < -0.3 is 15.4 Å². The molecule has 17 heavy (non-hydrogen) atoms. The number of nitrogens with zero attached hydrogens (tertiary/aromatic N) is 1. The predicted molar refractivity (Wildman–Crippen MR) is 69.7 cm³/mol. The number of nitrogens with two attached hydrogens (primary N) is 1. The topological polar surface area (TPSA) is 55.6 Å². The summed E-state index contributed by atoms with van der Waals surface area (Å²) in [6, 6.07) is 0.250. The summed E-state index contributed by atoms with van der Waals surface area (Å²) >= 11 is 4.98. The molecule has 1 aliphatic carbocycles.